The van der Waals surface area contributed by atoms with Crippen molar-refractivity contribution in [3.05, 3.63) is 88.4 Å². The summed E-state index contributed by atoms with van der Waals surface area (Å²) in [4.78, 5) is 13.2. The average molecular weight is 377 g/mol. The Morgan fingerprint density at radius 2 is 1.89 bits per heavy atom. The third-order valence-corrected chi connectivity index (χ3v) is 5.07. The monoisotopic (exact) mass is 377 g/mol. The van der Waals surface area contributed by atoms with E-state index in [0.717, 1.165) is 11.1 Å². The number of amides is 1. The number of aryl methyl sites for hydroxylation is 1. The van der Waals surface area contributed by atoms with Gasteiger partial charge in [0.15, 0.2) is 0 Å². The van der Waals surface area contributed by atoms with Crippen LogP contribution in [-0.4, -0.2) is 15.7 Å². The minimum absolute atomic E-state index is 0.217. The van der Waals surface area contributed by atoms with Crippen LogP contribution in [0.4, 0.5) is 10.2 Å². The van der Waals surface area contributed by atoms with Gasteiger partial charge in [0.1, 0.15) is 11.6 Å². The first kappa shape index (κ1) is 17.2. The molecule has 2 aromatic heterocycles. The van der Waals surface area contributed by atoms with E-state index in [2.05, 4.69) is 10.4 Å². The van der Waals surface area contributed by atoms with Crippen molar-refractivity contribution in [3.63, 3.8) is 0 Å². The molecule has 4 aromatic rings. The molecule has 1 N–H and O–H groups in total. The number of carbonyl (C=O) groups is 1. The highest BCUT2D eigenvalue weighted by Gasteiger charge is 2.16. The molecule has 0 radical (unpaired) electrons. The van der Waals surface area contributed by atoms with Gasteiger partial charge in [0.05, 0.1) is 16.3 Å². The standard InChI is InChI=1S/C21H16FN3OS/c1-14-10-19(27-13-14)21(26)23-20-12-18(15-6-3-2-4-7-15)24-25(20)17-9-5-8-16(22)11-17/h2-13H,1H3,(H,23,26). The number of hydrogen-bond acceptors (Lipinski definition) is 3. The van der Waals surface area contributed by atoms with Gasteiger partial charge >= 0.3 is 0 Å². The fraction of sp³-hybridized carbons (Fsp3) is 0.0476. The van der Waals surface area contributed by atoms with Crippen LogP contribution in [0.3, 0.4) is 0 Å². The van der Waals surface area contributed by atoms with Gasteiger partial charge in [-0.3, -0.25) is 4.79 Å². The van der Waals surface area contributed by atoms with E-state index in [9.17, 15) is 9.18 Å². The molecule has 1 amide bonds. The van der Waals surface area contributed by atoms with Crippen molar-refractivity contribution in [3.8, 4) is 16.9 Å². The predicted molar refractivity (Wildman–Crippen MR) is 106 cm³/mol. The Bertz CT molecular complexity index is 1100. The second-order valence-electron chi connectivity index (χ2n) is 6.11. The number of anilines is 1. The third-order valence-electron chi connectivity index (χ3n) is 4.03. The lowest BCUT2D eigenvalue weighted by Crippen LogP contribution is -2.14. The summed E-state index contributed by atoms with van der Waals surface area (Å²) in [5.74, 6) is -0.101. The normalized spacial score (nSPS) is 10.7. The fourth-order valence-electron chi connectivity index (χ4n) is 2.75. The summed E-state index contributed by atoms with van der Waals surface area (Å²) >= 11 is 1.38. The summed E-state index contributed by atoms with van der Waals surface area (Å²) in [5, 5.41) is 9.40. The molecule has 0 fully saturated rings. The van der Waals surface area contributed by atoms with E-state index in [1.807, 2.05) is 48.7 Å². The summed E-state index contributed by atoms with van der Waals surface area (Å²) in [6, 6.07) is 19.4. The first-order valence-electron chi connectivity index (χ1n) is 8.38. The molecule has 0 unspecified atom stereocenters. The first-order valence-corrected chi connectivity index (χ1v) is 9.26. The Kier molecular flexibility index (Phi) is 4.56. The molecule has 0 saturated carbocycles. The average Bonchev–Trinajstić information content (AvgIpc) is 3.29. The second-order valence-corrected chi connectivity index (χ2v) is 7.03. The zero-order valence-corrected chi connectivity index (χ0v) is 15.3. The molecule has 0 aliphatic rings. The molecular weight excluding hydrogens is 361 g/mol. The highest BCUT2D eigenvalue weighted by Crippen LogP contribution is 2.26. The zero-order chi connectivity index (χ0) is 18.8. The summed E-state index contributed by atoms with van der Waals surface area (Å²) in [5.41, 5.74) is 3.18. The van der Waals surface area contributed by atoms with E-state index in [-0.39, 0.29) is 11.7 Å². The number of aromatic nitrogens is 2. The highest BCUT2D eigenvalue weighted by molar-refractivity contribution is 7.12. The summed E-state index contributed by atoms with van der Waals surface area (Å²) < 4.78 is 15.3. The van der Waals surface area contributed by atoms with Gasteiger partial charge in [-0.15, -0.1) is 11.3 Å². The van der Waals surface area contributed by atoms with Crippen molar-refractivity contribution in [2.75, 3.05) is 5.32 Å². The topological polar surface area (TPSA) is 46.9 Å². The van der Waals surface area contributed by atoms with E-state index in [0.29, 0.717) is 22.1 Å². The van der Waals surface area contributed by atoms with Crippen LogP contribution >= 0.6 is 11.3 Å². The number of benzene rings is 2. The predicted octanol–water partition coefficient (Wildman–Crippen LogP) is 5.30. The molecule has 0 atom stereocenters. The summed E-state index contributed by atoms with van der Waals surface area (Å²) in [6.45, 7) is 1.94. The van der Waals surface area contributed by atoms with E-state index < -0.39 is 0 Å². The van der Waals surface area contributed by atoms with E-state index in [1.165, 1.54) is 23.5 Å². The number of rotatable bonds is 4. The SMILES string of the molecule is Cc1csc(C(=O)Nc2cc(-c3ccccc3)nn2-c2cccc(F)c2)c1. The molecule has 0 aliphatic heterocycles. The maximum atomic E-state index is 13.7. The Morgan fingerprint density at radius 3 is 2.59 bits per heavy atom. The smallest absolute Gasteiger partial charge is 0.266 e. The van der Waals surface area contributed by atoms with Crippen LogP contribution in [0.15, 0.2) is 72.1 Å². The molecule has 0 bridgehead atoms. The van der Waals surface area contributed by atoms with Crippen molar-refractivity contribution in [2.45, 2.75) is 6.92 Å². The van der Waals surface area contributed by atoms with Crippen molar-refractivity contribution < 1.29 is 9.18 Å². The van der Waals surface area contributed by atoms with E-state index >= 15 is 0 Å². The Labute approximate surface area is 159 Å². The van der Waals surface area contributed by atoms with Crippen molar-refractivity contribution in [2.24, 2.45) is 0 Å². The van der Waals surface area contributed by atoms with Crippen molar-refractivity contribution in [1.82, 2.24) is 9.78 Å². The Morgan fingerprint density at radius 1 is 1.07 bits per heavy atom. The molecule has 27 heavy (non-hydrogen) atoms. The number of carbonyl (C=O) groups excluding carboxylic acids is 1. The first-order chi connectivity index (χ1) is 13.1. The number of thiophene rings is 1. The summed E-state index contributed by atoms with van der Waals surface area (Å²) in [7, 11) is 0. The van der Waals surface area contributed by atoms with Crippen molar-refractivity contribution >= 4 is 23.1 Å². The minimum Gasteiger partial charge on any atom is -0.306 e. The lowest BCUT2D eigenvalue weighted by atomic mass is 10.1. The quantitative estimate of drug-likeness (QED) is 0.524. The van der Waals surface area contributed by atoms with Gasteiger partial charge in [0.25, 0.3) is 5.91 Å². The molecular formula is C21H16FN3OS. The van der Waals surface area contributed by atoms with E-state index in [1.54, 1.807) is 22.9 Å². The van der Waals surface area contributed by atoms with Crippen LogP contribution in [-0.2, 0) is 0 Å². The van der Waals surface area contributed by atoms with E-state index in [4.69, 9.17) is 0 Å². The molecule has 0 spiro atoms. The van der Waals surface area contributed by atoms with Crippen LogP contribution in [0, 0.1) is 12.7 Å². The van der Waals surface area contributed by atoms with Crippen LogP contribution in [0.2, 0.25) is 0 Å². The second kappa shape index (κ2) is 7.17. The third kappa shape index (κ3) is 3.66. The van der Waals surface area contributed by atoms with Crippen LogP contribution in [0.25, 0.3) is 16.9 Å². The molecule has 4 rings (SSSR count). The molecule has 6 heteroatoms. The number of nitrogens with zero attached hydrogens (tertiary/aromatic N) is 2. The van der Waals surface area contributed by atoms with Gasteiger partial charge in [0.2, 0.25) is 0 Å². The highest BCUT2D eigenvalue weighted by atomic mass is 32.1. The van der Waals surface area contributed by atoms with Gasteiger partial charge in [-0.05, 0) is 42.1 Å². The van der Waals surface area contributed by atoms with Crippen LogP contribution < -0.4 is 5.32 Å². The van der Waals surface area contributed by atoms with Gasteiger partial charge < -0.3 is 5.32 Å². The molecule has 2 aromatic carbocycles. The molecule has 4 nitrogen and oxygen atoms in total. The zero-order valence-electron chi connectivity index (χ0n) is 14.5. The Balaban J connectivity index is 1.76. The van der Waals surface area contributed by atoms with Crippen LogP contribution in [0.1, 0.15) is 15.2 Å². The van der Waals surface area contributed by atoms with Gasteiger partial charge in [-0.25, -0.2) is 9.07 Å². The lowest BCUT2D eigenvalue weighted by molar-refractivity contribution is 0.103. The largest absolute Gasteiger partial charge is 0.306 e. The lowest BCUT2D eigenvalue weighted by Gasteiger charge is -2.08. The maximum absolute atomic E-state index is 13.7. The summed E-state index contributed by atoms with van der Waals surface area (Å²) in [6.07, 6.45) is 0. The van der Waals surface area contributed by atoms with Gasteiger partial charge in [-0.2, -0.15) is 5.10 Å². The maximum Gasteiger partial charge on any atom is 0.266 e. The van der Waals surface area contributed by atoms with Gasteiger partial charge in [0, 0.05) is 11.6 Å². The molecule has 0 aliphatic carbocycles. The number of hydrogen-bond donors (Lipinski definition) is 1. The Hall–Kier alpha value is -3.25. The number of nitrogens with one attached hydrogen (secondary N) is 1. The molecule has 134 valence electrons. The number of halogens is 1. The molecule has 2 heterocycles. The van der Waals surface area contributed by atoms with Crippen molar-refractivity contribution in [1.29, 1.82) is 0 Å². The van der Waals surface area contributed by atoms with Gasteiger partial charge in [-0.1, -0.05) is 36.4 Å². The molecule has 0 saturated heterocycles. The minimum atomic E-state index is -0.365. The fourth-order valence-corrected chi connectivity index (χ4v) is 3.55. The van der Waals surface area contributed by atoms with Crippen LogP contribution in [0.5, 0.6) is 0 Å².